The fourth-order valence-electron chi connectivity index (χ4n) is 4.18. The van der Waals surface area contributed by atoms with E-state index in [0.717, 1.165) is 58.9 Å². The summed E-state index contributed by atoms with van der Waals surface area (Å²) in [6, 6.07) is 14.8. The lowest BCUT2D eigenvalue weighted by Crippen LogP contribution is -2.57. The summed E-state index contributed by atoms with van der Waals surface area (Å²) in [5.41, 5.74) is 1.25. The number of anilines is 1. The number of carbonyl (C=O) groups is 1. The molecular formula is C22H30N4OS. The maximum absolute atomic E-state index is 13.0. The molecule has 6 heteroatoms. The van der Waals surface area contributed by atoms with Gasteiger partial charge in [-0.3, -0.25) is 14.6 Å². The summed E-state index contributed by atoms with van der Waals surface area (Å²) in [5, 5.41) is 2.14. The summed E-state index contributed by atoms with van der Waals surface area (Å²) in [5.74, 6) is 0.291. The van der Waals surface area contributed by atoms with Gasteiger partial charge in [-0.2, -0.15) is 0 Å². The topological polar surface area (TPSA) is 30.0 Å². The molecule has 28 heavy (non-hydrogen) atoms. The van der Waals surface area contributed by atoms with Gasteiger partial charge in [0.2, 0.25) is 5.91 Å². The number of para-hydroxylation sites is 1. The average Bonchev–Trinajstić information content (AvgIpc) is 3.27. The summed E-state index contributed by atoms with van der Waals surface area (Å²) in [7, 11) is 0. The molecule has 0 saturated carbocycles. The zero-order valence-electron chi connectivity index (χ0n) is 16.7. The van der Waals surface area contributed by atoms with Gasteiger partial charge in [0.15, 0.2) is 0 Å². The van der Waals surface area contributed by atoms with E-state index in [1.165, 1.54) is 10.6 Å². The number of carbonyl (C=O) groups excluding carboxylic acids is 1. The van der Waals surface area contributed by atoms with Crippen LogP contribution in [-0.4, -0.2) is 79.0 Å². The van der Waals surface area contributed by atoms with Crippen molar-refractivity contribution in [3.05, 3.63) is 52.7 Å². The standard InChI is InChI=1S/C22H30N4OS/c1-19(24-11-9-23(10-12-24)18-21-8-5-17-28-21)22(27)26-15-13-25(14-16-26)20-6-3-2-4-7-20/h2-8,17,19H,9-16,18H2,1H3. The van der Waals surface area contributed by atoms with Crippen LogP contribution in [0, 0.1) is 0 Å². The fourth-order valence-corrected chi connectivity index (χ4v) is 4.92. The van der Waals surface area contributed by atoms with E-state index >= 15 is 0 Å². The highest BCUT2D eigenvalue weighted by Gasteiger charge is 2.30. The predicted octanol–water partition coefficient (Wildman–Crippen LogP) is 2.60. The highest BCUT2D eigenvalue weighted by molar-refractivity contribution is 7.09. The maximum atomic E-state index is 13.0. The van der Waals surface area contributed by atoms with E-state index in [1.807, 2.05) is 17.4 Å². The number of piperazine rings is 2. The molecule has 0 spiro atoms. The molecule has 1 atom stereocenters. The first kappa shape index (κ1) is 19.4. The monoisotopic (exact) mass is 398 g/mol. The van der Waals surface area contributed by atoms with Crippen LogP contribution >= 0.6 is 11.3 Å². The Morgan fingerprint density at radius 1 is 0.929 bits per heavy atom. The van der Waals surface area contributed by atoms with E-state index in [9.17, 15) is 4.79 Å². The molecule has 0 radical (unpaired) electrons. The fraction of sp³-hybridized carbons (Fsp3) is 0.500. The molecular weight excluding hydrogens is 368 g/mol. The molecule has 0 aliphatic carbocycles. The summed E-state index contributed by atoms with van der Waals surface area (Å²) >= 11 is 1.83. The second-order valence-electron chi connectivity index (χ2n) is 7.72. The quantitative estimate of drug-likeness (QED) is 0.775. The molecule has 1 aromatic carbocycles. The van der Waals surface area contributed by atoms with Crippen LogP contribution in [0.15, 0.2) is 47.8 Å². The highest BCUT2D eigenvalue weighted by Crippen LogP contribution is 2.18. The molecule has 0 N–H and O–H groups in total. The van der Waals surface area contributed by atoms with Crippen molar-refractivity contribution in [3.63, 3.8) is 0 Å². The third-order valence-corrected chi connectivity index (χ3v) is 6.85. The van der Waals surface area contributed by atoms with Crippen molar-refractivity contribution in [1.82, 2.24) is 14.7 Å². The van der Waals surface area contributed by atoms with Crippen molar-refractivity contribution in [1.29, 1.82) is 0 Å². The van der Waals surface area contributed by atoms with Crippen LogP contribution in [0.1, 0.15) is 11.8 Å². The molecule has 4 rings (SSSR count). The molecule has 2 aliphatic rings. The van der Waals surface area contributed by atoms with Gasteiger partial charge in [0.1, 0.15) is 0 Å². The van der Waals surface area contributed by atoms with E-state index in [-0.39, 0.29) is 6.04 Å². The number of rotatable bonds is 5. The molecule has 5 nitrogen and oxygen atoms in total. The first-order valence-corrected chi connectivity index (χ1v) is 11.2. The van der Waals surface area contributed by atoms with E-state index in [0.29, 0.717) is 5.91 Å². The molecule has 1 unspecified atom stereocenters. The third kappa shape index (κ3) is 4.57. The van der Waals surface area contributed by atoms with Gasteiger partial charge in [0, 0.05) is 69.5 Å². The maximum Gasteiger partial charge on any atom is 0.239 e. The molecule has 2 saturated heterocycles. The molecule has 2 aromatic rings. The molecule has 3 heterocycles. The van der Waals surface area contributed by atoms with E-state index in [1.54, 1.807) is 0 Å². The summed E-state index contributed by atoms with van der Waals surface area (Å²) in [6.07, 6.45) is 0. The number of thiophene rings is 1. The Labute approximate surface area is 172 Å². The Balaban J connectivity index is 1.24. The third-order valence-electron chi connectivity index (χ3n) is 5.98. The van der Waals surface area contributed by atoms with Gasteiger partial charge >= 0.3 is 0 Å². The number of nitrogens with zero attached hydrogens (tertiary/aromatic N) is 4. The lowest BCUT2D eigenvalue weighted by atomic mass is 10.1. The summed E-state index contributed by atoms with van der Waals surface area (Å²) in [4.78, 5) is 23.7. The first-order valence-electron chi connectivity index (χ1n) is 10.3. The van der Waals surface area contributed by atoms with Gasteiger partial charge in [-0.25, -0.2) is 0 Å². The number of benzene rings is 1. The van der Waals surface area contributed by atoms with Crippen LogP contribution in [0.3, 0.4) is 0 Å². The van der Waals surface area contributed by atoms with Crippen LogP contribution in [0.2, 0.25) is 0 Å². The van der Waals surface area contributed by atoms with Crippen molar-refractivity contribution < 1.29 is 4.79 Å². The molecule has 2 fully saturated rings. The minimum Gasteiger partial charge on any atom is -0.368 e. The molecule has 0 bridgehead atoms. The van der Waals surface area contributed by atoms with E-state index in [4.69, 9.17) is 0 Å². The minimum atomic E-state index is -0.0211. The van der Waals surface area contributed by atoms with Gasteiger partial charge in [-0.15, -0.1) is 11.3 Å². The van der Waals surface area contributed by atoms with Crippen LogP contribution in [0.5, 0.6) is 0 Å². The normalized spacial score (nSPS) is 20.3. The zero-order valence-corrected chi connectivity index (χ0v) is 17.5. The Hall–Kier alpha value is -1.89. The van der Waals surface area contributed by atoms with Crippen LogP contribution in [0.4, 0.5) is 5.69 Å². The minimum absolute atomic E-state index is 0.0211. The largest absolute Gasteiger partial charge is 0.368 e. The number of amides is 1. The lowest BCUT2D eigenvalue weighted by Gasteiger charge is -2.41. The Morgan fingerprint density at radius 2 is 1.64 bits per heavy atom. The highest BCUT2D eigenvalue weighted by atomic mass is 32.1. The molecule has 1 amide bonds. The zero-order chi connectivity index (χ0) is 19.3. The molecule has 2 aliphatic heterocycles. The average molecular weight is 399 g/mol. The Kier molecular flexibility index (Phi) is 6.29. The van der Waals surface area contributed by atoms with Gasteiger partial charge < -0.3 is 9.80 Å². The van der Waals surface area contributed by atoms with Gasteiger partial charge in [-0.1, -0.05) is 24.3 Å². The van der Waals surface area contributed by atoms with Crippen molar-refractivity contribution in [2.75, 3.05) is 57.3 Å². The van der Waals surface area contributed by atoms with Gasteiger partial charge in [0.25, 0.3) is 0 Å². The number of hydrogen-bond donors (Lipinski definition) is 0. The van der Waals surface area contributed by atoms with Gasteiger partial charge in [0.05, 0.1) is 6.04 Å². The first-order chi connectivity index (χ1) is 13.7. The Morgan fingerprint density at radius 3 is 2.29 bits per heavy atom. The van der Waals surface area contributed by atoms with Crippen molar-refractivity contribution in [2.45, 2.75) is 19.5 Å². The van der Waals surface area contributed by atoms with Crippen LogP contribution in [0.25, 0.3) is 0 Å². The second-order valence-corrected chi connectivity index (χ2v) is 8.75. The van der Waals surface area contributed by atoms with E-state index in [2.05, 4.69) is 68.3 Å². The molecule has 150 valence electrons. The van der Waals surface area contributed by atoms with Crippen LogP contribution in [-0.2, 0) is 11.3 Å². The van der Waals surface area contributed by atoms with Crippen molar-refractivity contribution >= 4 is 22.9 Å². The van der Waals surface area contributed by atoms with E-state index < -0.39 is 0 Å². The Bertz CT molecular complexity index is 735. The van der Waals surface area contributed by atoms with Crippen molar-refractivity contribution in [3.8, 4) is 0 Å². The number of hydrogen-bond acceptors (Lipinski definition) is 5. The second kappa shape index (κ2) is 9.07. The van der Waals surface area contributed by atoms with Crippen molar-refractivity contribution in [2.24, 2.45) is 0 Å². The smallest absolute Gasteiger partial charge is 0.239 e. The summed E-state index contributed by atoms with van der Waals surface area (Å²) in [6.45, 7) is 10.6. The van der Waals surface area contributed by atoms with Crippen LogP contribution < -0.4 is 4.90 Å². The SMILES string of the molecule is CC(C(=O)N1CCN(c2ccccc2)CC1)N1CCN(Cc2cccs2)CC1. The van der Waals surface area contributed by atoms with Gasteiger partial charge in [-0.05, 0) is 30.5 Å². The predicted molar refractivity (Wildman–Crippen MR) is 116 cm³/mol. The lowest BCUT2D eigenvalue weighted by molar-refractivity contribution is -0.137. The summed E-state index contributed by atoms with van der Waals surface area (Å²) < 4.78 is 0. The molecule has 1 aromatic heterocycles.